The van der Waals surface area contributed by atoms with Gasteiger partial charge in [-0.3, -0.25) is 4.79 Å². The summed E-state index contributed by atoms with van der Waals surface area (Å²) in [7, 11) is 1.72. The Morgan fingerprint density at radius 3 is 2.71 bits per heavy atom. The van der Waals surface area contributed by atoms with Gasteiger partial charge in [-0.05, 0) is 73.0 Å². The van der Waals surface area contributed by atoms with Crippen LogP contribution in [-0.4, -0.2) is 30.5 Å². The predicted molar refractivity (Wildman–Crippen MR) is 140 cm³/mol. The van der Waals surface area contributed by atoms with Gasteiger partial charge in [-0.2, -0.15) is 0 Å². The zero-order valence-corrected chi connectivity index (χ0v) is 20.4. The van der Waals surface area contributed by atoms with E-state index in [1.807, 2.05) is 24.3 Å². The Morgan fingerprint density at radius 1 is 1.06 bits per heavy atom. The molecule has 1 fully saturated rings. The minimum Gasteiger partial charge on any atom is -0.497 e. The highest BCUT2D eigenvalue weighted by Crippen LogP contribution is 2.50. The molecular formula is C31H32N2O2. The number of nitrogens with one attached hydrogen (secondary N) is 2. The third kappa shape index (κ3) is 3.68. The van der Waals surface area contributed by atoms with Crippen LogP contribution >= 0.6 is 0 Å². The highest BCUT2D eigenvalue weighted by molar-refractivity contribution is 5.89. The zero-order chi connectivity index (χ0) is 24.0. The largest absolute Gasteiger partial charge is 0.497 e. The molecule has 2 heterocycles. The van der Waals surface area contributed by atoms with E-state index in [0.717, 1.165) is 37.1 Å². The van der Waals surface area contributed by atoms with Crippen LogP contribution in [0.4, 0.5) is 0 Å². The summed E-state index contributed by atoms with van der Waals surface area (Å²) < 4.78 is 5.62. The molecule has 0 amide bonds. The van der Waals surface area contributed by atoms with E-state index in [0.29, 0.717) is 6.42 Å². The Kier molecular flexibility index (Phi) is 5.49. The third-order valence-corrected chi connectivity index (χ3v) is 8.41. The fraction of sp³-hybridized carbons (Fsp3) is 0.323. The van der Waals surface area contributed by atoms with Crippen molar-refractivity contribution < 1.29 is 9.53 Å². The highest BCUT2D eigenvalue weighted by atomic mass is 16.5. The number of carbonyl (C=O) groups is 1. The van der Waals surface area contributed by atoms with Crippen LogP contribution in [0.2, 0.25) is 0 Å². The molecule has 4 aromatic rings. The molecule has 0 radical (unpaired) electrons. The molecule has 1 aliphatic carbocycles. The lowest BCUT2D eigenvalue weighted by Gasteiger charge is -2.51. The second kappa shape index (κ2) is 8.69. The van der Waals surface area contributed by atoms with Gasteiger partial charge in [-0.15, -0.1) is 0 Å². The second-order valence-electron chi connectivity index (χ2n) is 10.3. The molecule has 178 valence electrons. The molecular weight excluding hydrogens is 432 g/mol. The summed E-state index contributed by atoms with van der Waals surface area (Å²) in [5.74, 6) is 1.33. The molecule has 0 bridgehead atoms. The first-order valence-corrected chi connectivity index (χ1v) is 12.6. The number of piperidine rings is 1. The summed E-state index contributed by atoms with van der Waals surface area (Å²) >= 11 is 0. The number of benzene rings is 3. The van der Waals surface area contributed by atoms with Gasteiger partial charge in [0.25, 0.3) is 0 Å². The molecule has 2 aliphatic rings. The minimum atomic E-state index is -0.182. The van der Waals surface area contributed by atoms with E-state index < -0.39 is 0 Å². The van der Waals surface area contributed by atoms with Crippen LogP contribution in [0, 0.1) is 12.8 Å². The number of hydrogen-bond donors (Lipinski definition) is 2. The number of aromatic nitrogens is 1. The standard InChI is InChI=1S/C31H32N2O2/c1-20-8-6-13-24-25-18-26-30(28(34)16-21-9-4-3-5-10-21)32-15-14-31(26,19-27(25)33-29(20)24)22-11-7-12-23(17-22)35-2/h3-13,17,26,30,32-33H,14-16,18-19H2,1-2H3/t26?,30?,31-/m1/s1. The second-order valence-corrected chi connectivity index (χ2v) is 10.3. The van der Waals surface area contributed by atoms with Gasteiger partial charge in [0.2, 0.25) is 0 Å². The maximum Gasteiger partial charge on any atom is 0.154 e. The number of para-hydroxylation sites is 1. The lowest BCUT2D eigenvalue weighted by atomic mass is 9.56. The van der Waals surface area contributed by atoms with Crippen molar-refractivity contribution in [1.82, 2.24) is 10.3 Å². The van der Waals surface area contributed by atoms with Crippen molar-refractivity contribution >= 4 is 16.7 Å². The number of aromatic amines is 1. The Balaban J connectivity index is 1.47. The van der Waals surface area contributed by atoms with Crippen LogP contribution in [0.3, 0.4) is 0 Å². The molecule has 1 aromatic heterocycles. The molecule has 4 heteroatoms. The molecule has 0 saturated carbocycles. The normalized spacial score (nSPS) is 23.5. The van der Waals surface area contributed by atoms with Crippen molar-refractivity contribution in [3.63, 3.8) is 0 Å². The van der Waals surface area contributed by atoms with Crippen LogP contribution in [0.1, 0.15) is 34.4 Å². The van der Waals surface area contributed by atoms with Gasteiger partial charge in [-0.25, -0.2) is 0 Å². The van der Waals surface area contributed by atoms with E-state index in [4.69, 9.17) is 4.74 Å². The van der Waals surface area contributed by atoms with Gasteiger partial charge in [0.05, 0.1) is 13.2 Å². The van der Waals surface area contributed by atoms with Gasteiger partial charge in [0.1, 0.15) is 5.75 Å². The highest BCUT2D eigenvalue weighted by Gasteiger charge is 2.52. The number of ether oxygens (including phenoxy) is 1. The molecule has 0 spiro atoms. The number of H-pyrrole nitrogens is 1. The van der Waals surface area contributed by atoms with E-state index in [1.165, 1.54) is 33.3 Å². The minimum absolute atomic E-state index is 0.126. The van der Waals surface area contributed by atoms with E-state index in [9.17, 15) is 4.79 Å². The number of carbonyl (C=O) groups excluding carboxylic acids is 1. The fourth-order valence-electron chi connectivity index (χ4n) is 6.66. The average molecular weight is 465 g/mol. The summed E-state index contributed by atoms with van der Waals surface area (Å²) in [6.45, 7) is 3.00. The monoisotopic (exact) mass is 464 g/mol. The van der Waals surface area contributed by atoms with E-state index in [2.05, 4.69) is 65.8 Å². The Hall–Kier alpha value is -3.37. The summed E-state index contributed by atoms with van der Waals surface area (Å²) in [6, 6.07) is 25.0. The Labute approximate surface area is 206 Å². The molecule has 1 aliphatic heterocycles. The van der Waals surface area contributed by atoms with E-state index in [-0.39, 0.29) is 23.2 Å². The maximum atomic E-state index is 13.8. The number of Topliss-reactive ketones (excluding diaryl/α,β-unsaturated/α-hetero) is 1. The summed E-state index contributed by atoms with van der Waals surface area (Å²) in [6.07, 6.45) is 3.25. The number of hydrogen-bond acceptors (Lipinski definition) is 3. The first kappa shape index (κ1) is 22.1. The van der Waals surface area contributed by atoms with Crippen LogP contribution in [0.25, 0.3) is 10.9 Å². The van der Waals surface area contributed by atoms with Crippen molar-refractivity contribution in [2.24, 2.45) is 5.92 Å². The first-order valence-electron chi connectivity index (χ1n) is 12.6. The molecule has 6 rings (SSSR count). The van der Waals surface area contributed by atoms with Gasteiger partial charge in [-0.1, -0.05) is 60.7 Å². The van der Waals surface area contributed by atoms with Gasteiger partial charge < -0.3 is 15.0 Å². The lowest BCUT2D eigenvalue weighted by molar-refractivity contribution is -0.123. The predicted octanol–water partition coefficient (Wildman–Crippen LogP) is 5.31. The molecule has 2 N–H and O–H groups in total. The van der Waals surface area contributed by atoms with Crippen LogP contribution < -0.4 is 10.1 Å². The number of ketones is 1. The van der Waals surface area contributed by atoms with Crippen molar-refractivity contribution in [3.8, 4) is 5.75 Å². The van der Waals surface area contributed by atoms with Crippen LogP contribution in [0.5, 0.6) is 5.75 Å². The third-order valence-electron chi connectivity index (χ3n) is 8.41. The van der Waals surface area contributed by atoms with Gasteiger partial charge in [0.15, 0.2) is 5.78 Å². The van der Waals surface area contributed by atoms with E-state index in [1.54, 1.807) is 7.11 Å². The smallest absolute Gasteiger partial charge is 0.154 e. The Bertz CT molecular complexity index is 1390. The molecule has 3 aromatic carbocycles. The molecule has 4 nitrogen and oxygen atoms in total. The fourth-order valence-corrected chi connectivity index (χ4v) is 6.66. The number of rotatable bonds is 5. The topological polar surface area (TPSA) is 54.1 Å². The SMILES string of the molecule is COc1cccc([C@]23CCNC(C(=O)Cc4ccccc4)C2Cc2c([nH]c4c(C)cccc24)C3)c1. The number of methoxy groups -OCH3 is 1. The Morgan fingerprint density at radius 2 is 1.89 bits per heavy atom. The van der Waals surface area contributed by atoms with Gasteiger partial charge in [0, 0.05) is 28.4 Å². The summed E-state index contributed by atoms with van der Waals surface area (Å²) in [4.78, 5) is 17.6. The van der Waals surface area contributed by atoms with Crippen molar-refractivity contribution in [2.45, 2.75) is 44.1 Å². The molecule has 1 saturated heterocycles. The quantitative estimate of drug-likeness (QED) is 0.421. The van der Waals surface area contributed by atoms with Gasteiger partial charge >= 0.3 is 0 Å². The van der Waals surface area contributed by atoms with Crippen LogP contribution in [-0.2, 0) is 29.5 Å². The van der Waals surface area contributed by atoms with Crippen molar-refractivity contribution in [1.29, 1.82) is 0 Å². The zero-order valence-electron chi connectivity index (χ0n) is 20.4. The van der Waals surface area contributed by atoms with Crippen molar-refractivity contribution in [3.05, 3.63) is 101 Å². The summed E-state index contributed by atoms with van der Waals surface area (Å²) in [5, 5.41) is 4.96. The van der Waals surface area contributed by atoms with Crippen molar-refractivity contribution in [2.75, 3.05) is 13.7 Å². The number of aryl methyl sites for hydroxylation is 1. The maximum absolute atomic E-state index is 13.8. The average Bonchev–Trinajstić information content (AvgIpc) is 3.26. The first-order chi connectivity index (χ1) is 17.1. The van der Waals surface area contributed by atoms with E-state index >= 15 is 0 Å². The molecule has 35 heavy (non-hydrogen) atoms. The number of fused-ring (bicyclic) bond motifs is 4. The molecule has 3 atom stereocenters. The lowest BCUT2D eigenvalue weighted by Crippen LogP contribution is -2.60. The molecule has 2 unspecified atom stereocenters. The summed E-state index contributed by atoms with van der Waals surface area (Å²) in [5.41, 5.74) is 7.44. The van der Waals surface area contributed by atoms with Crippen LogP contribution in [0.15, 0.2) is 72.8 Å².